The predicted octanol–water partition coefficient (Wildman–Crippen LogP) is 3.66. The Hall–Kier alpha value is -2.38. The molecule has 2 amide bonds. The van der Waals surface area contributed by atoms with E-state index in [0.717, 1.165) is 37.0 Å². The highest BCUT2D eigenvalue weighted by atomic mass is 19.3. The summed E-state index contributed by atoms with van der Waals surface area (Å²) in [5.74, 6) is 1.37. The summed E-state index contributed by atoms with van der Waals surface area (Å²) in [6.45, 7) is -2.99. The van der Waals surface area contributed by atoms with Gasteiger partial charge in [0.05, 0.1) is 7.11 Å². The number of methoxy groups -OCH3 is 1. The maximum absolute atomic E-state index is 12.5. The minimum atomic E-state index is -2.99. The summed E-state index contributed by atoms with van der Waals surface area (Å²) in [6, 6.07) is 3.86. The van der Waals surface area contributed by atoms with Crippen molar-refractivity contribution in [1.82, 2.24) is 10.9 Å². The number of carbonyl (C=O) groups is 2. The molecule has 0 aromatic heterocycles. The number of amides is 2. The monoisotopic (exact) mass is 408 g/mol. The van der Waals surface area contributed by atoms with E-state index < -0.39 is 12.5 Å². The lowest BCUT2D eigenvalue weighted by atomic mass is 9.49. The normalized spacial score (nSPS) is 29.6. The van der Waals surface area contributed by atoms with E-state index in [2.05, 4.69) is 15.6 Å². The summed E-state index contributed by atoms with van der Waals surface area (Å²) in [5.41, 5.74) is 5.17. The Morgan fingerprint density at radius 2 is 1.69 bits per heavy atom. The van der Waals surface area contributed by atoms with Crippen LogP contribution in [0.5, 0.6) is 11.5 Å². The molecule has 0 saturated heterocycles. The van der Waals surface area contributed by atoms with Crippen molar-refractivity contribution in [3.05, 3.63) is 23.8 Å². The van der Waals surface area contributed by atoms with Crippen molar-refractivity contribution in [2.45, 2.75) is 51.6 Å². The van der Waals surface area contributed by atoms with Gasteiger partial charge < -0.3 is 9.47 Å². The maximum atomic E-state index is 12.5. The summed E-state index contributed by atoms with van der Waals surface area (Å²) in [4.78, 5) is 24.9. The van der Waals surface area contributed by atoms with Crippen LogP contribution in [-0.4, -0.2) is 25.5 Å². The number of rotatable bonds is 6. The smallest absolute Gasteiger partial charge is 0.387 e. The Bertz CT molecular complexity index is 764. The molecule has 8 heteroatoms. The molecule has 6 nitrogen and oxygen atoms in total. The average Bonchev–Trinajstić information content (AvgIpc) is 2.64. The van der Waals surface area contributed by atoms with E-state index in [9.17, 15) is 18.4 Å². The van der Waals surface area contributed by atoms with Crippen molar-refractivity contribution in [2.24, 2.45) is 23.2 Å². The van der Waals surface area contributed by atoms with Gasteiger partial charge in [-0.1, -0.05) is 0 Å². The second-order valence-electron chi connectivity index (χ2n) is 8.84. The van der Waals surface area contributed by atoms with Gasteiger partial charge in [-0.05, 0) is 79.9 Å². The zero-order chi connectivity index (χ0) is 20.6. The van der Waals surface area contributed by atoms with Crippen molar-refractivity contribution < 1.29 is 27.8 Å². The van der Waals surface area contributed by atoms with Crippen LogP contribution in [0.15, 0.2) is 18.2 Å². The SMILES string of the molecule is COc1cc(C(=O)NNC(=O)CC23CC4CC(CC(C4)C2)C3)ccc1OC(F)F. The van der Waals surface area contributed by atoms with Crippen LogP contribution in [0.3, 0.4) is 0 Å². The zero-order valence-corrected chi connectivity index (χ0v) is 16.4. The Morgan fingerprint density at radius 3 is 2.24 bits per heavy atom. The van der Waals surface area contributed by atoms with Crippen LogP contribution >= 0.6 is 0 Å². The second-order valence-corrected chi connectivity index (χ2v) is 8.84. The highest BCUT2D eigenvalue weighted by molar-refractivity contribution is 5.96. The molecule has 4 bridgehead atoms. The van der Waals surface area contributed by atoms with Gasteiger partial charge in [0, 0.05) is 12.0 Å². The molecule has 158 valence electrons. The maximum Gasteiger partial charge on any atom is 0.387 e. The lowest BCUT2D eigenvalue weighted by Gasteiger charge is -2.56. The summed E-state index contributed by atoms with van der Waals surface area (Å²) < 4.78 is 34.2. The van der Waals surface area contributed by atoms with Crippen LogP contribution in [0.2, 0.25) is 0 Å². The number of halogens is 2. The quantitative estimate of drug-likeness (QED) is 0.705. The third-order valence-corrected chi connectivity index (χ3v) is 6.66. The molecule has 4 fully saturated rings. The number of hydrogen-bond donors (Lipinski definition) is 2. The fourth-order valence-corrected chi connectivity index (χ4v) is 6.09. The average molecular weight is 408 g/mol. The molecule has 1 aromatic rings. The number of hydrogen-bond acceptors (Lipinski definition) is 4. The number of hydrazine groups is 1. The van der Waals surface area contributed by atoms with E-state index in [0.29, 0.717) is 6.42 Å². The summed E-state index contributed by atoms with van der Waals surface area (Å²) in [6.07, 6.45) is 7.71. The van der Waals surface area contributed by atoms with Crippen LogP contribution in [0.1, 0.15) is 55.3 Å². The zero-order valence-electron chi connectivity index (χ0n) is 16.4. The molecule has 0 radical (unpaired) electrons. The van der Waals surface area contributed by atoms with Gasteiger partial charge in [0.25, 0.3) is 5.91 Å². The van der Waals surface area contributed by atoms with Gasteiger partial charge in [-0.2, -0.15) is 8.78 Å². The molecule has 0 unspecified atom stereocenters. The van der Waals surface area contributed by atoms with Crippen molar-refractivity contribution >= 4 is 11.8 Å². The number of ether oxygens (including phenoxy) is 2. The van der Waals surface area contributed by atoms with Crippen LogP contribution in [0.25, 0.3) is 0 Å². The molecule has 0 aliphatic heterocycles. The Kier molecular flexibility index (Phi) is 5.36. The van der Waals surface area contributed by atoms with Crippen molar-refractivity contribution in [2.75, 3.05) is 7.11 Å². The molecule has 4 aliphatic carbocycles. The van der Waals surface area contributed by atoms with Gasteiger partial charge in [-0.15, -0.1) is 0 Å². The number of alkyl halides is 2. The molecular formula is C21H26F2N2O4. The Labute approximate surface area is 168 Å². The van der Waals surface area contributed by atoms with Gasteiger partial charge in [-0.3, -0.25) is 20.4 Å². The van der Waals surface area contributed by atoms with Gasteiger partial charge >= 0.3 is 6.61 Å². The summed E-state index contributed by atoms with van der Waals surface area (Å²) in [5, 5.41) is 0. The topological polar surface area (TPSA) is 76.7 Å². The van der Waals surface area contributed by atoms with Crippen molar-refractivity contribution in [1.29, 1.82) is 0 Å². The van der Waals surface area contributed by atoms with Crippen LogP contribution in [0.4, 0.5) is 8.78 Å². The summed E-state index contributed by atoms with van der Waals surface area (Å²) >= 11 is 0. The minimum Gasteiger partial charge on any atom is -0.493 e. The standard InChI is InChI=1S/C21H26F2N2O4/c1-28-17-7-15(2-3-16(17)29-20(22)23)19(27)25-24-18(26)11-21-8-12-4-13(9-21)6-14(5-12)10-21/h2-3,7,12-14,20H,4-6,8-11H2,1H3,(H,24,26)(H,25,27). The highest BCUT2D eigenvalue weighted by Gasteiger charge is 2.51. The van der Waals surface area contributed by atoms with E-state index in [1.54, 1.807) is 0 Å². The molecule has 5 rings (SSSR count). The van der Waals surface area contributed by atoms with Gasteiger partial charge in [0.2, 0.25) is 5.91 Å². The Morgan fingerprint density at radius 1 is 1.07 bits per heavy atom. The first-order valence-electron chi connectivity index (χ1n) is 10.1. The van der Waals surface area contributed by atoms with Crippen LogP contribution in [0, 0.1) is 23.2 Å². The van der Waals surface area contributed by atoms with E-state index in [4.69, 9.17) is 4.74 Å². The molecule has 4 aliphatic rings. The van der Waals surface area contributed by atoms with Gasteiger partial charge in [-0.25, -0.2) is 0 Å². The second kappa shape index (κ2) is 7.80. The first kappa shape index (κ1) is 19.9. The van der Waals surface area contributed by atoms with Crippen LogP contribution in [-0.2, 0) is 4.79 Å². The largest absolute Gasteiger partial charge is 0.493 e. The number of carbonyl (C=O) groups excluding carboxylic acids is 2. The van der Waals surface area contributed by atoms with Crippen molar-refractivity contribution in [3.63, 3.8) is 0 Å². The lowest BCUT2D eigenvalue weighted by molar-refractivity contribution is -0.130. The third kappa shape index (κ3) is 4.31. The predicted molar refractivity (Wildman–Crippen MR) is 100 cm³/mol. The fraction of sp³-hybridized carbons (Fsp3) is 0.619. The minimum absolute atomic E-state index is 0.0119. The molecule has 1 aromatic carbocycles. The molecule has 2 N–H and O–H groups in total. The van der Waals surface area contributed by atoms with Gasteiger partial charge in [0.15, 0.2) is 11.5 Å². The van der Waals surface area contributed by atoms with Gasteiger partial charge in [0.1, 0.15) is 0 Å². The number of benzene rings is 1. The number of nitrogens with one attached hydrogen (secondary N) is 2. The molecule has 0 atom stereocenters. The molecular weight excluding hydrogens is 382 g/mol. The fourth-order valence-electron chi connectivity index (χ4n) is 6.09. The third-order valence-electron chi connectivity index (χ3n) is 6.66. The molecule has 0 heterocycles. The Balaban J connectivity index is 1.33. The van der Waals surface area contributed by atoms with Crippen molar-refractivity contribution in [3.8, 4) is 11.5 Å². The van der Waals surface area contributed by atoms with E-state index in [1.807, 2.05) is 0 Å². The van der Waals surface area contributed by atoms with Crippen LogP contribution < -0.4 is 20.3 Å². The van der Waals surface area contributed by atoms with E-state index in [-0.39, 0.29) is 28.4 Å². The van der Waals surface area contributed by atoms with E-state index >= 15 is 0 Å². The summed E-state index contributed by atoms with van der Waals surface area (Å²) in [7, 11) is 1.29. The first-order valence-corrected chi connectivity index (χ1v) is 10.1. The highest BCUT2D eigenvalue weighted by Crippen LogP contribution is 2.61. The molecule has 29 heavy (non-hydrogen) atoms. The lowest BCUT2D eigenvalue weighted by Crippen LogP contribution is -2.50. The molecule has 4 saturated carbocycles. The van der Waals surface area contributed by atoms with E-state index in [1.165, 1.54) is 44.6 Å². The first-order chi connectivity index (χ1) is 13.9. The molecule has 0 spiro atoms.